The summed E-state index contributed by atoms with van der Waals surface area (Å²) in [6.45, 7) is 1.70. The third-order valence-electron chi connectivity index (χ3n) is 2.41. The third-order valence-corrected chi connectivity index (χ3v) is 2.76. The molecule has 0 amide bonds. The molecule has 0 heterocycles. The zero-order valence-electron chi connectivity index (χ0n) is 9.25. The number of nitrogens with one attached hydrogen (secondary N) is 1. The van der Waals surface area contributed by atoms with Gasteiger partial charge in [-0.25, -0.2) is 0 Å². The van der Waals surface area contributed by atoms with E-state index in [2.05, 4.69) is 5.32 Å². The number of aromatic hydroxyl groups is 1. The van der Waals surface area contributed by atoms with Crippen LogP contribution in [-0.4, -0.2) is 23.4 Å². The zero-order chi connectivity index (χ0) is 11.8. The summed E-state index contributed by atoms with van der Waals surface area (Å²) in [7, 11) is 0. The van der Waals surface area contributed by atoms with Gasteiger partial charge in [0.05, 0.1) is 0 Å². The van der Waals surface area contributed by atoms with Crippen LogP contribution < -0.4 is 5.32 Å². The van der Waals surface area contributed by atoms with Gasteiger partial charge in [0.15, 0.2) is 0 Å². The lowest BCUT2D eigenvalue weighted by Crippen LogP contribution is -2.15. The topological polar surface area (TPSA) is 52.5 Å². The van der Waals surface area contributed by atoms with Crippen molar-refractivity contribution in [2.75, 3.05) is 13.2 Å². The molecule has 4 heteroatoms. The first-order valence-corrected chi connectivity index (χ1v) is 5.91. The van der Waals surface area contributed by atoms with Gasteiger partial charge in [-0.1, -0.05) is 17.7 Å². The lowest BCUT2D eigenvalue weighted by Gasteiger charge is -2.08. The Bertz CT molecular complexity index is 298. The number of benzene rings is 1. The van der Waals surface area contributed by atoms with Crippen molar-refractivity contribution in [2.24, 2.45) is 0 Å². The van der Waals surface area contributed by atoms with E-state index in [9.17, 15) is 5.11 Å². The summed E-state index contributed by atoms with van der Waals surface area (Å²) >= 11 is 5.96. The van der Waals surface area contributed by atoms with Gasteiger partial charge in [0, 0.05) is 23.7 Å². The van der Waals surface area contributed by atoms with Crippen molar-refractivity contribution in [1.82, 2.24) is 5.32 Å². The zero-order valence-corrected chi connectivity index (χ0v) is 10.0. The van der Waals surface area contributed by atoms with E-state index in [0.717, 1.165) is 31.4 Å². The standard InChI is InChI=1S/C12H18ClNO2/c13-11-5-4-6-12(16)10(11)9-14-7-2-1-3-8-15/h4-6,14-16H,1-3,7-9H2. The van der Waals surface area contributed by atoms with Gasteiger partial charge in [0.1, 0.15) is 5.75 Å². The molecule has 1 aromatic carbocycles. The molecule has 3 N–H and O–H groups in total. The molecular formula is C12H18ClNO2. The minimum absolute atomic E-state index is 0.232. The SMILES string of the molecule is OCCCCCNCc1c(O)cccc1Cl. The van der Waals surface area contributed by atoms with Crippen LogP contribution in [0.2, 0.25) is 5.02 Å². The minimum atomic E-state index is 0.232. The number of halogens is 1. The van der Waals surface area contributed by atoms with Crippen LogP contribution in [0.5, 0.6) is 5.75 Å². The molecule has 0 spiro atoms. The van der Waals surface area contributed by atoms with Crippen LogP contribution >= 0.6 is 11.6 Å². The van der Waals surface area contributed by atoms with Crippen LogP contribution in [0.1, 0.15) is 24.8 Å². The highest BCUT2D eigenvalue weighted by atomic mass is 35.5. The Hall–Kier alpha value is -0.770. The largest absolute Gasteiger partial charge is 0.508 e. The summed E-state index contributed by atoms with van der Waals surface area (Å²) in [5.41, 5.74) is 0.742. The summed E-state index contributed by atoms with van der Waals surface area (Å²) in [5.74, 6) is 0.232. The average molecular weight is 244 g/mol. The molecule has 0 aromatic heterocycles. The summed E-state index contributed by atoms with van der Waals surface area (Å²) in [6.07, 6.45) is 2.88. The first-order chi connectivity index (χ1) is 7.75. The Morgan fingerprint density at radius 2 is 2.00 bits per heavy atom. The van der Waals surface area contributed by atoms with E-state index in [1.807, 2.05) is 0 Å². The normalized spacial score (nSPS) is 10.6. The first-order valence-electron chi connectivity index (χ1n) is 5.53. The average Bonchev–Trinajstić information content (AvgIpc) is 2.26. The Morgan fingerprint density at radius 3 is 2.69 bits per heavy atom. The van der Waals surface area contributed by atoms with Gasteiger partial charge < -0.3 is 15.5 Å². The third kappa shape index (κ3) is 4.39. The molecule has 1 aromatic rings. The predicted octanol–water partition coefficient (Wildman–Crippen LogP) is 2.30. The molecule has 0 fully saturated rings. The van der Waals surface area contributed by atoms with Gasteiger partial charge in [0.2, 0.25) is 0 Å². The quantitative estimate of drug-likeness (QED) is 0.644. The van der Waals surface area contributed by atoms with Crippen LogP contribution in [0.15, 0.2) is 18.2 Å². The van der Waals surface area contributed by atoms with Crippen molar-refractivity contribution in [1.29, 1.82) is 0 Å². The van der Waals surface area contributed by atoms with Crippen molar-refractivity contribution in [3.05, 3.63) is 28.8 Å². The Kier molecular flexibility index (Phi) is 6.23. The number of phenolic OH excluding ortho intramolecular Hbond substituents is 1. The number of hydrogen-bond donors (Lipinski definition) is 3. The number of rotatable bonds is 7. The molecule has 0 aliphatic rings. The lowest BCUT2D eigenvalue weighted by atomic mass is 10.2. The summed E-state index contributed by atoms with van der Waals surface area (Å²) < 4.78 is 0. The summed E-state index contributed by atoms with van der Waals surface area (Å²) in [4.78, 5) is 0. The fourth-order valence-electron chi connectivity index (χ4n) is 1.47. The molecule has 0 atom stereocenters. The van der Waals surface area contributed by atoms with Crippen LogP contribution in [0, 0.1) is 0 Å². The van der Waals surface area contributed by atoms with Gasteiger partial charge >= 0.3 is 0 Å². The van der Waals surface area contributed by atoms with Crippen LogP contribution in [-0.2, 0) is 6.54 Å². The van der Waals surface area contributed by atoms with E-state index < -0.39 is 0 Å². The van der Waals surface area contributed by atoms with E-state index >= 15 is 0 Å². The van der Waals surface area contributed by atoms with Gasteiger partial charge in [0.25, 0.3) is 0 Å². The van der Waals surface area contributed by atoms with Gasteiger partial charge in [-0.05, 0) is 37.9 Å². The molecule has 0 aliphatic heterocycles. The maximum atomic E-state index is 9.57. The Balaban J connectivity index is 2.26. The molecule has 0 unspecified atom stereocenters. The van der Waals surface area contributed by atoms with Crippen molar-refractivity contribution < 1.29 is 10.2 Å². The lowest BCUT2D eigenvalue weighted by molar-refractivity contribution is 0.283. The molecule has 16 heavy (non-hydrogen) atoms. The number of aliphatic hydroxyl groups excluding tert-OH is 1. The summed E-state index contributed by atoms with van der Waals surface area (Å²) in [5, 5.41) is 22.0. The van der Waals surface area contributed by atoms with Crippen LogP contribution in [0.4, 0.5) is 0 Å². The highest BCUT2D eigenvalue weighted by Gasteiger charge is 2.04. The molecule has 0 bridgehead atoms. The Labute approximate surface area is 101 Å². The molecule has 0 saturated carbocycles. The number of hydrogen-bond acceptors (Lipinski definition) is 3. The van der Waals surface area contributed by atoms with Crippen molar-refractivity contribution in [2.45, 2.75) is 25.8 Å². The molecule has 0 radical (unpaired) electrons. The van der Waals surface area contributed by atoms with E-state index in [1.165, 1.54) is 0 Å². The highest BCUT2D eigenvalue weighted by Crippen LogP contribution is 2.24. The van der Waals surface area contributed by atoms with Crippen LogP contribution in [0.3, 0.4) is 0 Å². The number of unbranched alkanes of at least 4 members (excludes halogenated alkanes) is 2. The maximum Gasteiger partial charge on any atom is 0.121 e. The van der Waals surface area contributed by atoms with Crippen LogP contribution in [0.25, 0.3) is 0 Å². The molecule has 0 saturated heterocycles. The van der Waals surface area contributed by atoms with Gasteiger partial charge in [-0.15, -0.1) is 0 Å². The van der Waals surface area contributed by atoms with Crippen molar-refractivity contribution >= 4 is 11.6 Å². The fourth-order valence-corrected chi connectivity index (χ4v) is 1.71. The first kappa shape index (κ1) is 13.3. The molecule has 3 nitrogen and oxygen atoms in total. The van der Waals surface area contributed by atoms with Gasteiger partial charge in [-0.3, -0.25) is 0 Å². The van der Waals surface area contributed by atoms with E-state index in [4.69, 9.17) is 16.7 Å². The summed E-state index contributed by atoms with van der Waals surface area (Å²) in [6, 6.07) is 5.13. The van der Waals surface area contributed by atoms with Crippen molar-refractivity contribution in [3.63, 3.8) is 0 Å². The number of aliphatic hydroxyl groups is 1. The number of phenols is 1. The van der Waals surface area contributed by atoms with E-state index in [1.54, 1.807) is 18.2 Å². The molecular weight excluding hydrogens is 226 g/mol. The molecule has 0 aliphatic carbocycles. The van der Waals surface area contributed by atoms with Crippen molar-refractivity contribution in [3.8, 4) is 5.75 Å². The minimum Gasteiger partial charge on any atom is -0.508 e. The Morgan fingerprint density at radius 1 is 1.19 bits per heavy atom. The second-order valence-corrected chi connectivity index (χ2v) is 4.11. The smallest absolute Gasteiger partial charge is 0.121 e. The second kappa shape index (κ2) is 7.49. The van der Waals surface area contributed by atoms with Gasteiger partial charge in [-0.2, -0.15) is 0 Å². The predicted molar refractivity (Wildman–Crippen MR) is 65.8 cm³/mol. The monoisotopic (exact) mass is 243 g/mol. The fraction of sp³-hybridized carbons (Fsp3) is 0.500. The highest BCUT2D eigenvalue weighted by molar-refractivity contribution is 6.31. The van der Waals surface area contributed by atoms with E-state index in [0.29, 0.717) is 11.6 Å². The molecule has 1 rings (SSSR count). The molecule has 90 valence electrons. The van der Waals surface area contributed by atoms with E-state index in [-0.39, 0.29) is 12.4 Å². The maximum absolute atomic E-state index is 9.57. The second-order valence-electron chi connectivity index (χ2n) is 3.70.